The number of nitrogens with zero attached hydrogens (tertiary/aromatic N) is 4. The van der Waals surface area contributed by atoms with Crippen molar-refractivity contribution in [1.82, 2.24) is 9.97 Å². The van der Waals surface area contributed by atoms with Gasteiger partial charge in [0.1, 0.15) is 10.5 Å². The van der Waals surface area contributed by atoms with Crippen LogP contribution in [0.15, 0.2) is 12.4 Å². The lowest BCUT2D eigenvalue weighted by Crippen LogP contribution is -2.13. The molecule has 160 valence electrons. The molecule has 0 amide bonds. The van der Waals surface area contributed by atoms with Crippen molar-refractivity contribution in [3.05, 3.63) is 43.6 Å². The molecule has 0 fully saturated rings. The van der Waals surface area contributed by atoms with Crippen LogP contribution in [-0.4, -0.2) is 25.8 Å². The second kappa shape index (κ2) is 14.2. The van der Waals surface area contributed by atoms with E-state index in [9.17, 15) is 0 Å². The molecule has 8 heteroatoms. The SMILES string of the molecule is CC(C)(O)C#N.CC(C)Cc1ncc(CO)s1.[C-]#[N+]Cc1cnc(CC(C)C)s1. The molecule has 6 nitrogen and oxygen atoms in total. The number of thiazole rings is 2. The molecule has 0 aromatic carbocycles. The molecule has 2 aromatic rings. The predicted octanol–water partition coefficient (Wildman–Crippen LogP) is 4.88. The minimum atomic E-state index is -1.15. The van der Waals surface area contributed by atoms with Crippen molar-refractivity contribution in [2.24, 2.45) is 11.8 Å². The summed E-state index contributed by atoms with van der Waals surface area (Å²) in [4.78, 5) is 13.8. The van der Waals surface area contributed by atoms with Crippen molar-refractivity contribution in [3.63, 3.8) is 0 Å². The number of aliphatic hydroxyl groups is 2. The molecule has 0 saturated heterocycles. The normalized spacial score (nSPS) is 10.5. The van der Waals surface area contributed by atoms with Crippen LogP contribution in [0.3, 0.4) is 0 Å². The molecule has 2 heterocycles. The molecule has 2 N–H and O–H groups in total. The van der Waals surface area contributed by atoms with Crippen LogP contribution in [0.1, 0.15) is 61.3 Å². The molecule has 0 radical (unpaired) electrons. The second-order valence-corrected chi connectivity index (χ2v) is 10.2. The fraction of sp³-hybridized carbons (Fsp3) is 0.619. The maximum Gasteiger partial charge on any atom is 0.250 e. The minimum absolute atomic E-state index is 0.121. The molecular formula is C21H32N4O2S2. The molecule has 2 rings (SSSR count). The van der Waals surface area contributed by atoms with Gasteiger partial charge in [0.05, 0.1) is 27.6 Å². The lowest BCUT2D eigenvalue weighted by molar-refractivity contribution is 0.141. The number of hydrogen-bond acceptors (Lipinski definition) is 7. The second-order valence-electron chi connectivity index (χ2n) is 7.78. The maximum atomic E-state index is 8.76. The van der Waals surface area contributed by atoms with Crippen LogP contribution in [0.2, 0.25) is 0 Å². The largest absolute Gasteiger partial charge is 0.391 e. The van der Waals surface area contributed by atoms with Gasteiger partial charge in [-0.1, -0.05) is 27.7 Å². The van der Waals surface area contributed by atoms with Gasteiger partial charge in [0.2, 0.25) is 6.54 Å². The fourth-order valence-electron chi connectivity index (χ4n) is 1.81. The third-order valence-corrected chi connectivity index (χ3v) is 5.04. The summed E-state index contributed by atoms with van der Waals surface area (Å²) in [5, 5.41) is 27.4. The highest BCUT2D eigenvalue weighted by Crippen LogP contribution is 2.17. The maximum absolute atomic E-state index is 8.76. The van der Waals surface area contributed by atoms with Gasteiger partial charge in [-0.3, -0.25) is 0 Å². The van der Waals surface area contributed by atoms with Gasteiger partial charge in [0, 0.05) is 25.2 Å². The molecule has 0 unspecified atom stereocenters. The van der Waals surface area contributed by atoms with Gasteiger partial charge in [0.25, 0.3) is 0 Å². The topological polar surface area (TPSA) is 94.4 Å². The van der Waals surface area contributed by atoms with Crippen LogP contribution in [-0.2, 0) is 26.0 Å². The number of hydrogen-bond donors (Lipinski definition) is 2. The Labute approximate surface area is 182 Å². The van der Waals surface area contributed by atoms with Gasteiger partial charge < -0.3 is 15.1 Å². The summed E-state index contributed by atoms with van der Waals surface area (Å²) in [7, 11) is 0. The van der Waals surface area contributed by atoms with Crippen molar-refractivity contribution in [2.75, 3.05) is 0 Å². The Morgan fingerprint density at radius 2 is 1.48 bits per heavy atom. The third kappa shape index (κ3) is 14.8. The Bertz CT molecular complexity index is 778. The van der Waals surface area contributed by atoms with Crippen molar-refractivity contribution in [2.45, 2.75) is 73.1 Å². The monoisotopic (exact) mass is 436 g/mol. The van der Waals surface area contributed by atoms with Gasteiger partial charge in [-0.05, 0) is 25.7 Å². The van der Waals surface area contributed by atoms with E-state index in [0.717, 1.165) is 32.6 Å². The van der Waals surface area contributed by atoms with Crippen LogP contribution in [0.4, 0.5) is 0 Å². The summed E-state index contributed by atoms with van der Waals surface area (Å²) in [6.07, 6.45) is 5.62. The van der Waals surface area contributed by atoms with E-state index in [1.165, 1.54) is 13.8 Å². The highest BCUT2D eigenvalue weighted by molar-refractivity contribution is 7.11. The van der Waals surface area contributed by atoms with E-state index in [-0.39, 0.29) is 6.61 Å². The van der Waals surface area contributed by atoms with Crippen LogP contribution in [0, 0.1) is 29.7 Å². The summed E-state index contributed by atoms with van der Waals surface area (Å²) in [5.41, 5.74) is -1.15. The number of nitriles is 1. The standard InChI is InChI=1S/C9H12N2S.C8H13NOS.C4H7NO/c1-7(2)4-9-11-6-8(12-9)5-10-3;1-6(2)3-8-9-4-7(5-10)11-8;1-4(2,6)3-5/h6-7H,4-5H2,1-2H3;4,6,10H,3,5H2,1-2H3;6H,1-2H3. The van der Waals surface area contributed by atoms with E-state index < -0.39 is 5.60 Å². The zero-order valence-corrected chi connectivity index (χ0v) is 19.8. The summed E-state index contributed by atoms with van der Waals surface area (Å²) in [5.74, 6) is 1.30. The summed E-state index contributed by atoms with van der Waals surface area (Å²) in [6.45, 7) is 18.9. The molecular weight excluding hydrogens is 404 g/mol. The van der Waals surface area contributed by atoms with E-state index in [1.54, 1.807) is 34.9 Å². The van der Waals surface area contributed by atoms with Crippen LogP contribution in [0.25, 0.3) is 4.85 Å². The first-order valence-corrected chi connectivity index (χ1v) is 11.1. The molecule has 29 heavy (non-hydrogen) atoms. The van der Waals surface area contributed by atoms with Crippen molar-refractivity contribution in [3.8, 4) is 6.07 Å². The van der Waals surface area contributed by atoms with Gasteiger partial charge in [0.15, 0.2) is 0 Å². The minimum Gasteiger partial charge on any atom is -0.391 e. The number of rotatable bonds is 6. The van der Waals surface area contributed by atoms with E-state index in [0.29, 0.717) is 18.4 Å². The third-order valence-electron chi connectivity index (χ3n) is 3.03. The molecule has 0 aliphatic carbocycles. The van der Waals surface area contributed by atoms with E-state index in [2.05, 4.69) is 42.5 Å². The Morgan fingerprint density at radius 3 is 1.79 bits per heavy atom. The Hall–Kier alpha value is -1.84. The highest BCUT2D eigenvalue weighted by atomic mass is 32.1. The van der Waals surface area contributed by atoms with Crippen LogP contribution >= 0.6 is 22.7 Å². The zero-order valence-electron chi connectivity index (χ0n) is 18.1. The summed E-state index contributed by atoms with van der Waals surface area (Å²) >= 11 is 3.26. The fourth-order valence-corrected chi connectivity index (χ4v) is 3.86. The quantitative estimate of drug-likeness (QED) is 0.497. The van der Waals surface area contributed by atoms with Gasteiger partial charge in [-0.15, -0.1) is 22.7 Å². The van der Waals surface area contributed by atoms with Crippen molar-refractivity contribution in [1.29, 1.82) is 5.26 Å². The van der Waals surface area contributed by atoms with Crippen molar-refractivity contribution >= 4 is 22.7 Å². The number of aliphatic hydroxyl groups excluding tert-OH is 1. The Morgan fingerprint density at radius 1 is 1.07 bits per heavy atom. The van der Waals surface area contributed by atoms with E-state index in [1.807, 2.05) is 6.20 Å². The van der Waals surface area contributed by atoms with Crippen LogP contribution in [0.5, 0.6) is 0 Å². The van der Waals surface area contributed by atoms with E-state index >= 15 is 0 Å². The molecule has 0 saturated carbocycles. The number of aromatic nitrogens is 2. The smallest absolute Gasteiger partial charge is 0.250 e. The average Bonchev–Trinajstić information content (AvgIpc) is 3.24. The molecule has 0 spiro atoms. The zero-order chi connectivity index (χ0) is 22.4. The summed E-state index contributed by atoms with van der Waals surface area (Å²) in [6, 6.07) is 1.66. The first-order valence-electron chi connectivity index (χ1n) is 9.45. The van der Waals surface area contributed by atoms with Gasteiger partial charge in [-0.2, -0.15) is 5.26 Å². The Balaban J connectivity index is 0.000000430. The van der Waals surface area contributed by atoms with Gasteiger partial charge in [-0.25, -0.2) is 16.5 Å². The summed E-state index contributed by atoms with van der Waals surface area (Å²) < 4.78 is 0. The predicted molar refractivity (Wildman–Crippen MR) is 119 cm³/mol. The van der Waals surface area contributed by atoms with E-state index in [4.69, 9.17) is 22.0 Å². The Kier molecular flexibility index (Phi) is 13.3. The average molecular weight is 437 g/mol. The molecule has 0 aliphatic rings. The lowest BCUT2D eigenvalue weighted by Gasteiger charge is -2.00. The van der Waals surface area contributed by atoms with Crippen LogP contribution < -0.4 is 0 Å². The molecule has 2 aromatic heterocycles. The molecule has 0 atom stereocenters. The first kappa shape index (κ1) is 27.2. The van der Waals surface area contributed by atoms with Gasteiger partial charge >= 0.3 is 0 Å². The first-order chi connectivity index (χ1) is 13.5. The molecule has 0 bridgehead atoms. The van der Waals surface area contributed by atoms with Crippen molar-refractivity contribution < 1.29 is 10.2 Å². The highest BCUT2D eigenvalue weighted by Gasteiger charge is 2.07. The lowest BCUT2D eigenvalue weighted by atomic mass is 10.1. The molecule has 0 aliphatic heterocycles.